The third-order valence-corrected chi connectivity index (χ3v) is 21.9. The molecule has 7 fully saturated rings. The van der Waals surface area contributed by atoms with Gasteiger partial charge in [-0.3, -0.25) is 0 Å². The number of aliphatic hydroxyl groups excluding tert-OH is 12. The summed E-state index contributed by atoms with van der Waals surface area (Å²) in [5, 5.41) is 146. The number of ether oxygens (including phenoxy) is 8. The fourth-order valence-electron chi connectivity index (χ4n) is 16.6. The minimum Gasteiger partial charge on any atom is -0.479 e. The van der Waals surface area contributed by atoms with E-state index in [0.717, 1.165) is 5.57 Å². The van der Waals surface area contributed by atoms with Crippen molar-refractivity contribution in [3.63, 3.8) is 0 Å². The Morgan fingerprint density at radius 2 is 1.21 bits per heavy atom. The van der Waals surface area contributed by atoms with Crippen molar-refractivity contribution < 1.29 is 119 Å². The molecule has 0 spiro atoms. The van der Waals surface area contributed by atoms with Gasteiger partial charge < -0.3 is 104 Å². The molecule has 4 saturated carbocycles. The first-order chi connectivity index (χ1) is 38.4. The van der Waals surface area contributed by atoms with E-state index in [1.54, 1.807) is 39.8 Å². The van der Waals surface area contributed by atoms with Gasteiger partial charge in [-0.05, 0) is 94.8 Å². The molecule has 13 N–H and O–H groups in total. The number of carboxylic acids is 1. The van der Waals surface area contributed by atoms with Gasteiger partial charge in [-0.1, -0.05) is 65.3 Å². The number of aliphatic carboxylic acids is 1. The van der Waals surface area contributed by atoms with Gasteiger partial charge in [-0.2, -0.15) is 0 Å². The molecule has 0 aromatic heterocycles. The van der Waals surface area contributed by atoms with Crippen LogP contribution >= 0.6 is 0 Å². The minimum absolute atomic E-state index is 0.171. The van der Waals surface area contributed by atoms with Gasteiger partial charge >= 0.3 is 17.9 Å². The van der Waals surface area contributed by atoms with Gasteiger partial charge in [0, 0.05) is 33.3 Å². The van der Waals surface area contributed by atoms with Crippen LogP contribution < -0.4 is 0 Å². The smallest absolute Gasteiger partial charge is 0.335 e. The third-order valence-electron chi connectivity index (χ3n) is 21.9. The Kier molecular flexibility index (Phi) is 18.9. The first-order valence-electron chi connectivity index (χ1n) is 28.8. The van der Waals surface area contributed by atoms with Crippen LogP contribution in [0.15, 0.2) is 34.9 Å². The molecular weight excluding hydrogens is 1080 g/mol. The van der Waals surface area contributed by atoms with Crippen LogP contribution in [0.5, 0.6) is 0 Å². The molecule has 3 heterocycles. The minimum atomic E-state index is -2.17. The number of rotatable bonds is 16. The Labute approximate surface area is 477 Å². The lowest BCUT2D eigenvalue weighted by atomic mass is 9.32. The summed E-state index contributed by atoms with van der Waals surface area (Å²) in [6, 6.07) is 0. The molecule has 0 bridgehead atoms. The first-order valence-corrected chi connectivity index (χ1v) is 28.8. The number of fused-ring (bicyclic) bond motifs is 7. The SMILES string of the molecule is C/C=C(/C)C(=O)O[C@H]1[C@H](OC(=O)/C(C)=C\C)[C@@]2(CO)C(CC1(C)C)C1=CCC3[C@@]4(C)CC[C@H](O[C@@H]5OC(C(=O)O)[C@@H](O)[C@@H](O[C@@H]6O[C@@H](CO)C(O)[C@@H]6O)C5O[C@@H]5OC(CO)[C@H](CO)[C@@H](O)C5O)[C@](C)(CO)C4CC[C@@]3(C)[C@]1(C)[C@@H](O)[C@H]2O. The summed E-state index contributed by atoms with van der Waals surface area (Å²) in [6.07, 6.45) is -23.2. The zero-order valence-corrected chi connectivity index (χ0v) is 48.5. The highest BCUT2D eigenvalue weighted by molar-refractivity contribution is 5.89. The molecule has 466 valence electrons. The number of carbonyl (C=O) groups is 3. The second kappa shape index (κ2) is 23.9. The highest BCUT2D eigenvalue weighted by atomic mass is 16.8. The van der Waals surface area contributed by atoms with E-state index in [2.05, 4.69) is 19.9 Å². The lowest BCUT2D eigenvalue weighted by Gasteiger charge is -2.73. The molecule has 3 aliphatic heterocycles. The van der Waals surface area contributed by atoms with Crippen molar-refractivity contribution in [1.82, 2.24) is 0 Å². The van der Waals surface area contributed by atoms with E-state index in [9.17, 15) is 80.8 Å². The Morgan fingerprint density at radius 3 is 1.74 bits per heavy atom. The van der Waals surface area contributed by atoms with Crippen LogP contribution in [-0.4, -0.2) is 228 Å². The van der Waals surface area contributed by atoms with E-state index in [-0.39, 0.29) is 30.3 Å². The number of carboxylic acid groups (broad SMARTS) is 1. The maximum absolute atomic E-state index is 13.9. The number of carbonyl (C=O) groups excluding carboxylic acids is 2. The summed E-state index contributed by atoms with van der Waals surface area (Å²) in [4.78, 5) is 40.4. The second-order valence-corrected chi connectivity index (χ2v) is 26.2. The molecule has 8 aliphatic rings. The van der Waals surface area contributed by atoms with Crippen LogP contribution in [0.1, 0.15) is 108 Å². The quantitative estimate of drug-likeness (QED) is 0.0400. The summed E-state index contributed by atoms with van der Waals surface area (Å²) in [6.45, 7) is 14.8. The van der Waals surface area contributed by atoms with Crippen LogP contribution in [0.4, 0.5) is 0 Å². The lowest BCUT2D eigenvalue weighted by molar-refractivity contribution is -0.386. The Morgan fingerprint density at radius 1 is 0.634 bits per heavy atom. The molecule has 8 rings (SSSR count). The first kappa shape index (κ1) is 64.9. The number of allylic oxidation sites excluding steroid dienone is 3. The zero-order chi connectivity index (χ0) is 60.7. The average molecular weight is 1170 g/mol. The maximum Gasteiger partial charge on any atom is 0.335 e. The summed E-state index contributed by atoms with van der Waals surface area (Å²) in [5.41, 5.74) is -5.24. The van der Waals surface area contributed by atoms with Gasteiger partial charge in [0.2, 0.25) is 0 Å². The van der Waals surface area contributed by atoms with E-state index in [0.29, 0.717) is 31.3 Å². The Hall–Kier alpha value is -3.09. The molecule has 0 radical (unpaired) electrons. The van der Waals surface area contributed by atoms with Gasteiger partial charge in [0.25, 0.3) is 0 Å². The molecule has 0 amide bonds. The predicted octanol–water partition coefficient (Wildman–Crippen LogP) is -0.517. The molecule has 24 heteroatoms. The van der Waals surface area contributed by atoms with Crippen molar-refractivity contribution in [2.45, 2.75) is 218 Å². The molecule has 8 unspecified atom stereocenters. The molecule has 82 heavy (non-hydrogen) atoms. The normalized spacial score (nSPS) is 49.3. The van der Waals surface area contributed by atoms with Crippen molar-refractivity contribution >= 4 is 17.9 Å². The molecule has 27 atom stereocenters. The van der Waals surface area contributed by atoms with Crippen LogP contribution in [0, 0.1) is 56.2 Å². The van der Waals surface area contributed by atoms with Gasteiger partial charge in [-0.15, -0.1) is 0 Å². The lowest BCUT2D eigenvalue weighted by Crippen LogP contribution is -2.76. The number of hydrogen-bond acceptors (Lipinski definition) is 23. The van der Waals surface area contributed by atoms with E-state index < -0.39 is 206 Å². The fourth-order valence-corrected chi connectivity index (χ4v) is 16.6. The topological polar surface area (TPSA) is 388 Å². The summed E-state index contributed by atoms with van der Waals surface area (Å²) < 4.78 is 49.2. The van der Waals surface area contributed by atoms with E-state index in [1.165, 1.54) is 0 Å². The number of aliphatic hydroxyl groups is 12. The number of esters is 2. The average Bonchev–Trinajstić information content (AvgIpc) is 0.761. The van der Waals surface area contributed by atoms with Crippen LogP contribution in [0.2, 0.25) is 0 Å². The van der Waals surface area contributed by atoms with Crippen molar-refractivity contribution in [3.8, 4) is 0 Å². The molecule has 0 aromatic rings. The number of hydrogen-bond donors (Lipinski definition) is 13. The highest BCUT2D eigenvalue weighted by Crippen LogP contribution is 2.76. The van der Waals surface area contributed by atoms with Crippen LogP contribution in [-0.2, 0) is 52.3 Å². The summed E-state index contributed by atoms with van der Waals surface area (Å²) >= 11 is 0. The van der Waals surface area contributed by atoms with Crippen molar-refractivity contribution in [2.75, 3.05) is 33.0 Å². The Bertz CT molecular complexity index is 2430. The highest BCUT2D eigenvalue weighted by Gasteiger charge is 2.77. The van der Waals surface area contributed by atoms with Crippen molar-refractivity contribution in [2.24, 2.45) is 56.2 Å². The maximum atomic E-state index is 13.9. The van der Waals surface area contributed by atoms with Crippen molar-refractivity contribution in [3.05, 3.63) is 34.9 Å². The summed E-state index contributed by atoms with van der Waals surface area (Å²) in [5.74, 6) is -5.66. The standard InChI is InChI=1S/C58H90O24/c1-11-25(3)48(73)81-45-46(82-49(74)26(4)12-2)58(24-63)29(19-53(45,5)6)28-13-14-33-54(7)17-16-34(55(8,23-62)32(54)15-18-56(33,9)57(28,10)43(69)44(58)70)77-52-42(80-50-37(66)35(64)27(20-59)30(21-60)75-50)40(39(68)41(79-52)47(71)72)78-51-38(67)36(65)31(22-61)76-51/h11-13,27,29-46,50-52,59-70H,14-24H2,1-10H3,(H,71,72)/b25-11-,26-12-/t27-,29?,30?,31-,32?,33?,34-,35+,36?,37?,38-,39-,40+,41?,42?,43-,44+,45-,46-,50-,51-,52+,54-,55+,56+,57-,58-/m0/s1. The van der Waals surface area contributed by atoms with Gasteiger partial charge in [0.05, 0.1) is 69.0 Å². The van der Waals surface area contributed by atoms with E-state index in [1.807, 2.05) is 27.7 Å². The van der Waals surface area contributed by atoms with Crippen LogP contribution in [0.3, 0.4) is 0 Å². The molecule has 24 nitrogen and oxygen atoms in total. The summed E-state index contributed by atoms with van der Waals surface area (Å²) in [7, 11) is 0. The van der Waals surface area contributed by atoms with Crippen molar-refractivity contribution in [1.29, 1.82) is 0 Å². The Balaban J connectivity index is 1.16. The predicted molar refractivity (Wildman–Crippen MR) is 283 cm³/mol. The van der Waals surface area contributed by atoms with E-state index in [4.69, 9.17) is 37.9 Å². The third kappa shape index (κ3) is 10.1. The second-order valence-electron chi connectivity index (χ2n) is 26.2. The van der Waals surface area contributed by atoms with E-state index >= 15 is 0 Å². The molecular formula is C58H90O24. The molecule has 3 saturated heterocycles. The molecule has 0 aromatic carbocycles. The molecule has 5 aliphatic carbocycles. The fraction of sp³-hybridized carbons (Fsp3) is 0.845. The van der Waals surface area contributed by atoms with Gasteiger partial charge in [0.15, 0.2) is 31.1 Å². The van der Waals surface area contributed by atoms with Gasteiger partial charge in [-0.25, -0.2) is 14.4 Å². The zero-order valence-electron chi connectivity index (χ0n) is 48.5. The van der Waals surface area contributed by atoms with Crippen LogP contribution in [0.25, 0.3) is 0 Å². The van der Waals surface area contributed by atoms with Gasteiger partial charge in [0.1, 0.15) is 48.8 Å². The largest absolute Gasteiger partial charge is 0.479 e. The monoisotopic (exact) mass is 1170 g/mol.